The van der Waals surface area contributed by atoms with E-state index < -0.39 is 0 Å². The van der Waals surface area contributed by atoms with Crippen LogP contribution in [0.1, 0.15) is 70.7 Å². The molecule has 6 heteroatoms. The zero-order valence-corrected chi connectivity index (χ0v) is 17.9. The molecule has 1 atom stereocenters. The van der Waals surface area contributed by atoms with Gasteiger partial charge in [-0.3, -0.25) is 14.6 Å². The summed E-state index contributed by atoms with van der Waals surface area (Å²) in [6, 6.07) is 11.0. The highest BCUT2D eigenvalue weighted by Crippen LogP contribution is 2.36. The summed E-state index contributed by atoms with van der Waals surface area (Å²) in [7, 11) is 0. The Hall–Kier alpha value is -2.89. The molecule has 0 radical (unpaired) electrons. The maximum atomic E-state index is 14.2. The van der Waals surface area contributed by atoms with Crippen molar-refractivity contribution in [1.29, 1.82) is 0 Å². The van der Waals surface area contributed by atoms with Crippen LogP contribution in [0, 0.1) is 0 Å². The lowest BCUT2D eigenvalue weighted by Gasteiger charge is -2.35. The fourth-order valence-electron chi connectivity index (χ4n) is 5.46. The number of amides is 1. The van der Waals surface area contributed by atoms with Crippen molar-refractivity contribution in [3.8, 4) is 0 Å². The Morgan fingerprint density at radius 3 is 2.74 bits per heavy atom. The van der Waals surface area contributed by atoms with Crippen molar-refractivity contribution in [3.63, 3.8) is 0 Å². The van der Waals surface area contributed by atoms with Crippen LogP contribution in [0.3, 0.4) is 0 Å². The molecule has 3 aliphatic rings. The van der Waals surface area contributed by atoms with Crippen molar-refractivity contribution in [2.75, 3.05) is 0 Å². The third-order valence-corrected chi connectivity index (χ3v) is 7.16. The summed E-state index contributed by atoms with van der Waals surface area (Å²) in [6.45, 7) is 0.657. The predicted octanol–water partition coefficient (Wildman–Crippen LogP) is 3.70. The van der Waals surface area contributed by atoms with E-state index in [2.05, 4.69) is 39.4 Å². The van der Waals surface area contributed by atoms with Crippen LogP contribution in [-0.4, -0.2) is 42.9 Å². The Morgan fingerprint density at radius 1 is 1.06 bits per heavy atom. The Balaban J connectivity index is 1.36. The van der Waals surface area contributed by atoms with Crippen molar-refractivity contribution in [2.45, 2.75) is 76.4 Å². The standard InChI is InChI=1S/C25H29N5O/c31-25(30(19-10-11-19)20-12-13-22-18(14-20)15-26-27-22)24-21-8-4-5-9-23(21)28-29(24)16-17-6-2-1-3-7-17/h1-3,6-7,15,19-20H,4-5,8-14,16H2,(H,26,27). The lowest BCUT2D eigenvalue weighted by Crippen LogP contribution is -2.45. The van der Waals surface area contributed by atoms with Crippen LogP contribution in [-0.2, 0) is 32.2 Å². The summed E-state index contributed by atoms with van der Waals surface area (Å²) in [6.07, 6.45) is 11.3. The molecule has 0 saturated heterocycles. The minimum atomic E-state index is 0.200. The van der Waals surface area contributed by atoms with E-state index in [1.165, 1.54) is 28.8 Å². The molecule has 0 spiro atoms. The van der Waals surface area contributed by atoms with Gasteiger partial charge >= 0.3 is 0 Å². The van der Waals surface area contributed by atoms with Gasteiger partial charge in [-0.05, 0) is 68.9 Å². The van der Waals surface area contributed by atoms with E-state index in [0.717, 1.165) is 62.8 Å². The molecule has 3 aromatic rings. The number of aryl methyl sites for hydroxylation is 2. The first-order valence-corrected chi connectivity index (χ1v) is 11.7. The first-order valence-electron chi connectivity index (χ1n) is 11.7. The van der Waals surface area contributed by atoms with Gasteiger partial charge in [0.05, 0.1) is 18.4 Å². The van der Waals surface area contributed by atoms with Gasteiger partial charge < -0.3 is 4.90 Å². The SMILES string of the molecule is O=C(c1c2c(nn1Cc1ccccc1)CCCC2)N(C1CC1)C1CCc2[nH]ncc2C1. The van der Waals surface area contributed by atoms with E-state index in [1.807, 2.05) is 16.9 Å². The first-order chi connectivity index (χ1) is 15.3. The van der Waals surface area contributed by atoms with Crippen LogP contribution in [0.2, 0.25) is 0 Å². The molecule has 2 aromatic heterocycles. The molecule has 1 fully saturated rings. The van der Waals surface area contributed by atoms with Crippen LogP contribution >= 0.6 is 0 Å². The summed E-state index contributed by atoms with van der Waals surface area (Å²) in [4.78, 5) is 16.4. The average Bonchev–Trinajstić information content (AvgIpc) is 3.39. The number of benzene rings is 1. The molecular formula is C25H29N5O. The van der Waals surface area contributed by atoms with Crippen molar-refractivity contribution in [2.24, 2.45) is 0 Å². The zero-order valence-electron chi connectivity index (χ0n) is 17.9. The maximum Gasteiger partial charge on any atom is 0.272 e. The smallest absolute Gasteiger partial charge is 0.272 e. The topological polar surface area (TPSA) is 66.8 Å². The van der Waals surface area contributed by atoms with Gasteiger partial charge in [0.1, 0.15) is 5.69 Å². The number of rotatable bonds is 5. The maximum absolute atomic E-state index is 14.2. The number of hydrogen-bond donors (Lipinski definition) is 1. The lowest BCUT2D eigenvalue weighted by atomic mass is 9.91. The highest BCUT2D eigenvalue weighted by molar-refractivity contribution is 5.95. The van der Waals surface area contributed by atoms with Crippen molar-refractivity contribution >= 4 is 5.91 Å². The van der Waals surface area contributed by atoms with Crippen LogP contribution in [0.25, 0.3) is 0 Å². The molecule has 31 heavy (non-hydrogen) atoms. The molecule has 0 bridgehead atoms. The van der Waals surface area contributed by atoms with Gasteiger partial charge in [-0.2, -0.15) is 10.2 Å². The van der Waals surface area contributed by atoms with E-state index in [0.29, 0.717) is 12.6 Å². The number of aromatic amines is 1. The molecule has 1 saturated carbocycles. The van der Waals surface area contributed by atoms with Gasteiger partial charge in [0.25, 0.3) is 5.91 Å². The molecule has 1 N–H and O–H groups in total. The molecule has 1 aromatic carbocycles. The van der Waals surface area contributed by atoms with E-state index in [9.17, 15) is 4.79 Å². The fraction of sp³-hybridized carbons (Fsp3) is 0.480. The number of carbonyl (C=O) groups excluding carboxylic acids is 1. The lowest BCUT2D eigenvalue weighted by molar-refractivity contribution is 0.0629. The van der Waals surface area contributed by atoms with Gasteiger partial charge in [-0.1, -0.05) is 30.3 Å². The molecular weight excluding hydrogens is 386 g/mol. The number of fused-ring (bicyclic) bond motifs is 2. The zero-order chi connectivity index (χ0) is 20.8. The Kier molecular flexibility index (Phi) is 4.66. The number of hydrogen-bond acceptors (Lipinski definition) is 3. The van der Waals surface area contributed by atoms with E-state index >= 15 is 0 Å². The minimum Gasteiger partial charge on any atom is -0.331 e. The van der Waals surface area contributed by atoms with Gasteiger partial charge in [0.15, 0.2) is 0 Å². The second-order valence-corrected chi connectivity index (χ2v) is 9.34. The Labute approximate surface area is 182 Å². The predicted molar refractivity (Wildman–Crippen MR) is 118 cm³/mol. The summed E-state index contributed by atoms with van der Waals surface area (Å²) in [5.41, 5.74) is 6.90. The van der Waals surface area contributed by atoms with Gasteiger partial charge in [0.2, 0.25) is 0 Å². The van der Waals surface area contributed by atoms with Gasteiger partial charge in [-0.15, -0.1) is 0 Å². The summed E-state index contributed by atoms with van der Waals surface area (Å²) in [5, 5.41) is 12.3. The number of carbonyl (C=O) groups is 1. The normalized spacial score (nSPS) is 20.2. The molecule has 1 amide bonds. The third kappa shape index (κ3) is 3.48. The second-order valence-electron chi connectivity index (χ2n) is 9.34. The Bertz CT molecular complexity index is 1090. The average molecular weight is 416 g/mol. The van der Waals surface area contributed by atoms with E-state index in [4.69, 9.17) is 5.10 Å². The molecule has 3 aliphatic carbocycles. The second kappa shape index (κ2) is 7.66. The first kappa shape index (κ1) is 18.8. The van der Waals surface area contributed by atoms with Crippen LogP contribution in [0.4, 0.5) is 0 Å². The van der Waals surface area contributed by atoms with Gasteiger partial charge in [-0.25, -0.2) is 0 Å². The molecule has 0 aliphatic heterocycles. The van der Waals surface area contributed by atoms with E-state index in [1.54, 1.807) is 0 Å². The van der Waals surface area contributed by atoms with Crippen molar-refractivity contribution in [3.05, 3.63) is 70.3 Å². The number of nitrogens with one attached hydrogen (secondary N) is 1. The quantitative estimate of drug-likeness (QED) is 0.691. The molecule has 6 nitrogen and oxygen atoms in total. The highest BCUT2D eigenvalue weighted by Gasteiger charge is 2.41. The number of aromatic nitrogens is 4. The minimum absolute atomic E-state index is 0.200. The largest absolute Gasteiger partial charge is 0.331 e. The monoisotopic (exact) mass is 415 g/mol. The summed E-state index contributed by atoms with van der Waals surface area (Å²) < 4.78 is 2.01. The van der Waals surface area contributed by atoms with Crippen LogP contribution in [0.15, 0.2) is 36.5 Å². The fourth-order valence-corrected chi connectivity index (χ4v) is 5.46. The molecule has 2 heterocycles. The van der Waals surface area contributed by atoms with Crippen LogP contribution in [0.5, 0.6) is 0 Å². The van der Waals surface area contributed by atoms with Crippen molar-refractivity contribution in [1.82, 2.24) is 24.9 Å². The molecule has 160 valence electrons. The number of H-pyrrole nitrogens is 1. The van der Waals surface area contributed by atoms with Crippen LogP contribution < -0.4 is 0 Å². The number of nitrogens with zero attached hydrogens (tertiary/aromatic N) is 4. The molecule has 1 unspecified atom stereocenters. The highest BCUT2D eigenvalue weighted by atomic mass is 16.2. The summed E-state index contributed by atoms with van der Waals surface area (Å²) in [5.74, 6) is 0.200. The molecule has 6 rings (SSSR count). The van der Waals surface area contributed by atoms with Gasteiger partial charge in [0, 0.05) is 23.3 Å². The van der Waals surface area contributed by atoms with E-state index in [-0.39, 0.29) is 11.9 Å². The summed E-state index contributed by atoms with van der Waals surface area (Å²) >= 11 is 0. The Morgan fingerprint density at radius 2 is 1.90 bits per heavy atom. The van der Waals surface area contributed by atoms with Crippen molar-refractivity contribution < 1.29 is 4.79 Å². The third-order valence-electron chi connectivity index (χ3n) is 7.16.